The highest BCUT2D eigenvalue weighted by molar-refractivity contribution is 6.30. The average Bonchev–Trinajstić information content (AvgIpc) is 2.91. The molecule has 2 aromatic heterocycles. The summed E-state index contributed by atoms with van der Waals surface area (Å²) in [6.45, 7) is 5.43. The van der Waals surface area contributed by atoms with Crippen molar-refractivity contribution in [2.75, 3.05) is 5.73 Å². The van der Waals surface area contributed by atoms with Crippen LogP contribution in [-0.2, 0) is 0 Å². The van der Waals surface area contributed by atoms with Gasteiger partial charge in [0.15, 0.2) is 0 Å². The molecule has 0 aliphatic carbocycles. The molecule has 0 aliphatic rings. The van der Waals surface area contributed by atoms with E-state index in [2.05, 4.69) is 26.7 Å². The summed E-state index contributed by atoms with van der Waals surface area (Å²) in [6.07, 6.45) is 6.70. The maximum absolute atomic E-state index is 6.00. The van der Waals surface area contributed by atoms with E-state index in [1.165, 1.54) is 0 Å². The predicted molar refractivity (Wildman–Crippen MR) is 97.3 cm³/mol. The highest BCUT2D eigenvalue weighted by atomic mass is 35.5. The number of imidazole rings is 1. The van der Waals surface area contributed by atoms with Crippen LogP contribution in [0.25, 0.3) is 23.2 Å². The summed E-state index contributed by atoms with van der Waals surface area (Å²) in [4.78, 5) is 16.5. The monoisotopic (exact) mass is 338 g/mol. The summed E-state index contributed by atoms with van der Waals surface area (Å²) in [5, 5.41) is 0.671. The second kappa shape index (κ2) is 6.64. The van der Waals surface area contributed by atoms with Crippen molar-refractivity contribution in [3.05, 3.63) is 59.3 Å². The van der Waals surface area contributed by atoms with E-state index >= 15 is 0 Å². The number of aliphatic imine (C=N–C) groups is 1. The SMILES string of the molecule is C=N/C=C\c1nc(-c2cnc(N)nc2)n(-c2ccc(Cl)cc2)c1C. The number of hydrogen-bond acceptors (Lipinski definition) is 5. The summed E-state index contributed by atoms with van der Waals surface area (Å²) >= 11 is 6.00. The highest BCUT2D eigenvalue weighted by Crippen LogP contribution is 2.27. The van der Waals surface area contributed by atoms with Gasteiger partial charge in [0.25, 0.3) is 0 Å². The van der Waals surface area contributed by atoms with E-state index < -0.39 is 0 Å². The van der Waals surface area contributed by atoms with E-state index in [1.807, 2.05) is 35.8 Å². The van der Waals surface area contributed by atoms with Crippen LogP contribution in [0.15, 0.2) is 47.9 Å². The van der Waals surface area contributed by atoms with Crippen LogP contribution in [0.5, 0.6) is 0 Å². The molecule has 0 aliphatic heterocycles. The van der Waals surface area contributed by atoms with Crippen LogP contribution in [0.3, 0.4) is 0 Å². The number of hydrogen-bond donors (Lipinski definition) is 1. The van der Waals surface area contributed by atoms with Crippen molar-refractivity contribution in [3.8, 4) is 17.1 Å². The number of rotatable bonds is 4. The lowest BCUT2D eigenvalue weighted by atomic mass is 10.2. The molecule has 0 bridgehead atoms. The third-order valence-corrected chi connectivity index (χ3v) is 3.75. The van der Waals surface area contributed by atoms with Gasteiger partial charge in [0.2, 0.25) is 5.95 Å². The zero-order valence-corrected chi connectivity index (χ0v) is 13.8. The highest BCUT2D eigenvalue weighted by Gasteiger charge is 2.16. The quantitative estimate of drug-likeness (QED) is 0.737. The fraction of sp³-hybridized carbons (Fsp3) is 0.0588. The van der Waals surface area contributed by atoms with E-state index in [4.69, 9.17) is 17.3 Å². The van der Waals surface area contributed by atoms with E-state index in [0.717, 1.165) is 22.6 Å². The molecule has 0 amide bonds. The van der Waals surface area contributed by atoms with Crippen LogP contribution < -0.4 is 5.73 Å². The third-order valence-electron chi connectivity index (χ3n) is 3.50. The molecular formula is C17H15ClN6. The minimum atomic E-state index is 0.219. The number of nitrogens with two attached hydrogens (primary N) is 1. The van der Waals surface area contributed by atoms with Gasteiger partial charge in [-0.25, -0.2) is 15.0 Å². The minimum absolute atomic E-state index is 0.219. The maximum atomic E-state index is 6.00. The Labute approximate surface area is 144 Å². The summed E-state index contributed by atoms with van der Waals surface area (Å²) in [5.41, 5.74) is 9.00. The number of anilines is 1. The van der Waals surface area contributed by atoms with Crippen LogP contribution in [0.2, 0.25) is 5.02 Å². The maximum Gasteiger partial charge on any atom is 0.219 e. The molecule has 7 heteroatoms. The van der Waals surface area contributed by atoms with E-state index in [-0.39, 0.29) is 5.95 Å². The van der Waals surface area contributed by atoms with E-state index in [1.54, 1.807) is 24.7 Å². The smallest absolute Gasteiger partial charge is 0.219 e. The first-order valence-electron chi connectivity index (χ1n) is 7.15. The molecular weight excluding hydrogens is 324 g/mol. The second-order valence-corrected chi connectivity index (χ2v) is 5.48. The van der Waals surface area contributed by atoms with Crippen molar-refractivity contribution in [2.24, 2.45) is 4.99 Å². The predicted octanol–water partition coefficient (Wildman–Crippen LogP) is 3.54. The van der Waals surface area contributed by atoms with Gasteiger partial charge in [-0.15, -0.1) is 0 Å². The first kappa shape index (κ1) is 15.9. The van der Waals surface area contributed by atoms with Gasteiger partial charge in [-0.1, -0.05) is 11.6 Å². The van der Waals surface area contributed by atoms with Gasteiger partial charge in [0.05, 0.1) is 11.3 Å². The fourth-order valence-electron chi connectivity index (χ4n) is 2.35. The van der Waals surface area contributed by atoms with Gasteiger partial charge in [-0.3, -0.25) is 9.56 Å². The number of nitrogen functional groups attached to an aromatic ring is 1. The van der Waals surface area contributed by atoms with Crippen molar-refractivity contribution >= 4 is 30.3 Å². The van der Waals surface area contributed by atoms with Gasteiger partial charge in [-0.2, -0.15) is 0 Å². The molecule has 2 N–H and O–H groups in total. The van der Waals surface area contributed by atoms with E-state index in [9.17, 15) is 0 Å². The molecule has 0 saturated heterocycles. The largest absolute Gasteiger partial charge is 0.368 e. The number of nitrogens with zero attached hydrogens (tertiary/aromatic N) is 5. The Morgan fingerprint density at radius 3 is 2.50 bits per heavy atom. The number of halogens is 1. The zero-order valence-electron chi connectivity index (χ0n) is 13.0. The first-order chi connectivity index (χ1) is 11.6. The van der Waals surface area contributed by atoms with Gasteiger partial charge >= 0.3 is 0 Å². The van der Waals surface area contributed by atoms with Crippen molar-refractivity contribution in [3.63, 3.8) is 0 Å². The Balaban J connectivity index is 2.22. The number of aromatic nitrogens is 4. The molecule has 2 heterocycles. The molecule has 3 aromatic rings. The van der Waals surface area contributed by atoms with Crippen LogP contribution in [0.4, 0.5) is 5.95 Å². The lowest BCUT2D eigenvalue weighted by Crippen LogP contribution is -2.01. The number of benzene rings is 1. The lowest BCUT2D eigenvalue weighted by Gasteiger charge is -2.10. The standard InChI is InChI=1S/C17H15ClN6/c1-11-15(7-8-20-2)23-16(12-9-21-17(19)22-10-12)24(11)14-5-3-13(18)4-6-14/h3-10H,2H2,1H3,(H2,19,21,22)/b8-7-. The minimum Gasteiger partial charge on any atom is -0.368 e. The molecule has 0 atom stereocenters. The summed E-state index contributed by atoms with van der Waals surface area (Å²) in [5.74, 6) is 0.926. The van der Waals surface area contributed by atoms with Gasteiger partial charge in [0, 0.05) is 35.0 Å². The van der Waals surface area contributed by atoms with Crippen molar-refractivity contribution in [1.82, 2.24) is 19.5 Å². The molecule has 0 fully saturated rings. The van der Waals surface area contributed by atoms with Crippen LogP contribution in [0, 0.1) is 6.92 Å². The lowest BCUT2D eigenvalue weighted by molar-refractivity contribution is 1.01. The summed E-state index contributed by atoms with van der Waals surface area (Å²) in [7, 11) is 0. The zero-order chi connectivity index (χ0) is 17.1. The van der Waals surface area contributed by atoms with Crippen LogP contribution >= 0.6 is 11.6 Å². The first-order valence-corrected chi connectivity index (χ1v) is 7.53. The molecule has 24 heavy (non-hydrogen) atoms. The molecule has 0 radical (unpaired) electrons. The normalized spacial score (nSPS) is 11.1. The van der Waals surface area contributed by atoms with Crippen molar-refractivity contribution in [1.29, 1.82) is 0 Å². The Bertz CT molecular complexity index is 894. The average molecular weight is 339 g/mol. The Hall–Kier alpha value is -2.99. The van der Waals surface area contributed by atoms with Crippen molar-refractivity contribution in [2.45, 2.75) is 6.92 Å². The summed E-state index contributed by atoms with van der Waals surface area (Å²) in [6, 6.07) is 7.52. The third kappa shape index (κ3) is 3.04. The van der Waals surface area contributed by atoms with Crippen LogP contribution in [0.1, 0.15) is 11.4 Å². The van der Waals surface area contributed by atoms with Crippen molar-refractivity contribution < 1.29 is 0 Å². The van der Waals surface area contributed by atoms with E-state index in [0.29, 0.717) is 10.8 Å². The Kier molecular flexibility index (Phi) is 4.39. The molecule has 6 nitrogen and oxygen atoms in total. The van der Waals surface area contributed by atoms with Gasteiger partial charge in [-0.05, 0) is 44.0 Å². The van der Waals surface area contributed by atoms with Gasteiger partial charge in [0.1, 0.15) is 5.82 Å². The van der Waals surface area contributed by atoms with Gasteiger partial charge < -0.3 is 5.73 Å². The Morgan fingerprint density at radius 1 is 1.21 bits per heavy atom. The molecule has 3 rings (SSSR count). The molecule has 0 unspecified atom stereocenters. The van der Waals surface area contributed by atoms with Crippen LogP contribution in [-0.4, -0.2) is 26.2 Å². The summed E-state index contributed by atoms with van der Waals surface area (Å²) < 4.78 is 2.01. The molecule has 0 saturated carbocycles. The molecule has 1 aromatic carbocycles. The molecule has 120 valence electrons. The Morgan fingerprint density at radius 2 is 1.88 bits per heavy atom. The molecule has 0 spiro atoms. The fourth-order valence-corrected chi connectivity index (χ4v) is 2.48. The topological polar surface area (TPSA) is 82.0 Å². The second-order valence-electron chi connectivity index (χ2n) is 5.05.